The van der Waals surface area contributed by atoms with E-state index in [0.717, 1.165) is 40.1 Å². The maximum atomic E-state index is 13.6. The van der Waals surface area contributed by atoms with Gasteiger partial charge in [-0.25, -0.2) is 0 Å². The fourth-order valence-corrected chi connectivity index (χ4v) is 4.50. The average Bonchev–Trinajstić information content (AvgIpc) is 3.39. The van der Waals surface area contributed by atoms with E-state index >= 15 is 0 Å². The number of aromatic nitrogens is 2. The molecule has 4 aromatic rings. The third kappa shape index (κ3) is 3.80. The van der Waals surface area contributed by atoms with E-state index in [1.807, 2.05) is 29.2 Å². The van der Waals surface area contributed by atoms with E-state index in [2.05, 4.69) is 72.6 Å². The highest BCUT2D eigenvalue weighted by Crippen LogP contribution is 2.43. The molecule has 33 heavy (non-hydrogen) atoms. The number of rotatable bonds is 6. The molecule has 1 atom stereocenters. The molecule has 1 aliphatic heterocycles. The summed E-state index contributed by atoms with van der Waals surface area (Å²) in [6.45, 7) is 4.71. The Labute approximate surface area is 194 Å². The zero-order chi connectivity index (χ0) is 22.9. The average molecular weight is 438 g/mol. The van der Waals surface area contributed by atoms with Crippen molar-refractivity contribution in [2.24, 2.45) is 0 Å². The van der Waals surface area contributed by atoms with Crippen LogP contribution in [0.15, 0.2) is 72.8 Å². The van der Waals surface area contributed by atoms with E-state index in [-0.39, 0.29) is 11.9 Å². The van der Waals surface area contributed by atoms with Crippen molar-refractivity contribution in [1.29, 1.82) is 0 Å². The lowest BCUT2D eigenvalue weighted by molar-refractivity contribution is 0.0730. The predicted molar refractivity (Wildman–Crippen MR) is 129 cm³/mol. The summed E-state index contributed by atoms with van der Waals surface area (Å²) < 4.78 is 5.29. The lowest BCUT2D eigenvalue weighted by atomic mass is 9.94. The van der Waals surface area contributed by atoms with Crippen LogP contribution in [-0.2, 0) is 13.0 Å². The normalized spacial score (nSPS) is 15.1. The standard InChI is InChI=1S/C28H27N3O2/c1-4-19-7-13-22(14-8-19)27-24-25(21-11-5-18(2)6-12-21)29-30-26(24)28(32)31(27)17-20-9-15-23(33-3)16-10-20/h5-16,27H,4,17H2,1-3H3,(H,29,30). The smallest absolute Gasteiger partial charge is 0.273 e. The largest absolute Gasteiger partial charge is 0.497 e. The van der Waals surface area contributed by atoms with Crippen molar-refractivity contribution in [3.63, 3.8) is 0 Å². The van der Waals surface area contributed by atoms with Gasteiger partial charge < -0.3 is 9.64 Å². The Morgan fingerprint density at radius 1 is 0.939 bits per heavy atom. The van der Waals surface area contributed by atoms with Crippen LogP contribution in [0.3, 0.4) is 0 Å². The zero-order valence-corrected chi connectivity index (χ0v) is 19.1. The molecule has 2 heterocycles. The van der Waals surface area contributed by atoms with Crippen molar-refractivity contribution < 1.29 is 9.53 Å². The maximum Gasteiger partial charge on any atom is 0.273 e. The Kier molecular flexibility index (Phi) is 5.47. The number of aryl methyl sites for hydroxylation is 2. The topological polar surface area (TPSA) is 58.2 Å². The van der Waals surface area contributed by atoms with E-state index in [1.165, 1.54) is 11.1 Å². The number of H-pyrrole nitrogens is 1. The van der Waals surface area contributed by atoms with Crippen LogP contribution in [0.4, 0.5) is 0 Å². The molecule has 5 rings (SSSR count). The van der Waals surface area contributed by atoms with Crippen molar-refractivity contribution in [1.82, 2.24) is 15.1 Å². The lowest BCUT2D eigenvalue weighted by Crippen LogP contribution is -2.29. The summed E-state index contributed by atoms with van der Waals surface area (Å²) in [5.74, 6) is 0.769. The molecule has 1 N–H and O–H groups in total. The summed E-state index contributed by atoms with van der Waals surface area (Å²) >= 11 is 0. The van der Waals surface area contributed by atoms with Crippen molar-refractivity contribution in [2.75, 3.05) is 7.11 Å². The van der Waals surface area contributed by atoms with Crippen LogP contribution in [0.1, 0.15) is 51.3 Å². The molecule has 5 nitrogen and oxygen atoms in total. The van der Waals surface area contributed by atoms with Crippen LogP contribution in [0, 0.1) is 6.92 Å². The van der Waals surface area contributed by atoms with Gasteiger partial charge in [0, 0.05) is 17.7 Å². The molecule has 1 aliphatic rings. The van der Waals surface area contributed by atoms with E-state index < -0.39 is 0 Å². The summed E-state index contributed by atoms with van der Waals surface area (Å²) in [4.78, 5) is 15.5. The molecule has 0 spiro atoms. The minimum Gasteiger partial charge on any atom is -0.497 e. The van der Waals surface area contributed by atoms with Crippen LogP contribution in [0.2, 0.25) is 0 Å². The zero-order valence-electron chi connectivity index (χ0n) is 19.1. The third-order valence-electron chi connectivity index (χ3n) is 6.40. The molecule has 0 radical (unpaired) electrons. The highest BCUT2D eigenvalue weighted by molar-refractivity contribution is 6.00. The molecule has 0 saturated heterocycles. The van der Waals surface area contributed by atoms with Gasteiger partial charge >= 0.3 is 0 Å². The van der Waals surface area contributed by atoms with E-state index in [1.54, 1.807) is 7.11 Å². The number of hydrogen-bond acceptors (Lipinski definition) is 3. The SMILES string of the molecule is CCc1ccc(C2c3c(-c4ccc(C)cc4)n[nH]c3C(=O)N2Cc2ccc(OC)cc2)cc1. The van der Waals surface area contributed by atoms with E-state index in [9.17, 15) is 4.79 Å². The number of nitrogens with zero attached hydrogens (tertiary/aromatic N) is 2. The number of aromatic amines is 1. The molecule has 166 valence electrons. The number of ether oxygens (including phenoxy) is 1. The molecule has 5 heteroatoms. The molecule has 0 aliphatic carbocycles. The maximum absolute atomic E-state index is 13.6. The third-order valence-corrected chi connectivity index (χ3v) is 6.40. The van der Waals surface area contributed by atoms with Crippen LogP contribution in [-0.4, -0.2) is 28.1 Å². The second kappa shape index (κ2) is 8.58. The second-order valence-corrected chi connectivity index (χ2v) is 8.51. The quantitative estimate of drug-likeness (QED) is 0.421. The van der Waals surface area contributed by atoms with Gasteiger partial charge in [0.1, 0.15) is 11.4 Å². The second-order valence-electron chi connectivity index (χ2n) is 8.51. The van der Waals surface area contributed by atoms with Gasteiger partial charge in [-0.05, 0) is 42.2 Å². The Bertz CT molecular complexity index is 1270. The number of amides is 1. The molecular weight excluding hydrogens is 410 g/mol. The monoisotopic (exact) mass is 437 g/mol. The van der Waals surface area contributed by atoms with Gasteiger partial charge in [0.2, 0.25) is 0 Å². The first-order chi connectivity index (χ1) is 16.1. The van der Waals surface area contributed by atoms with E-state index in [4.69, 9.17) is 4.74 Å². The number of carbonyl (C=O) groups is 1. The number of benzene rings is 3. The Morgan fingerprint density at radius 2 is 1.61 bits per heavy atom. The lowest BCUT2D eigenvalue weighted by Gasteiger charge is -2.27. The highest BCUT2D eigenvalue weighted by atomic mass is 16.5. The highest BCUT2D eigenvalue weighted by Gasteiger charge is 2.42. The molecule has 1 amide bonds. The van der Waals surface area contributed by atoms with E-state index in [0.29, 0.717) is 12.2 Å². The number of carbonyl (C=O) groups excluding carboxylic acids is 1. The van der Waals surface area contributed by atoms with Crippen molar-refractivity contribution in [3.05, 3.63) is 106 Å². The summed E-state index contributed by atoms with van der Waals surface area (Å²) in [7, 11) is 1.65. The van der Waals surface area contributed by atoms with Crippen LogP contribution >= 0.6 is 0 Å². The summed E-state index contributed by atoms with van der Waals surface area (Å²) in [6, 6.07) is 24.5. The molecule has 0 bridgehead atoms. The molecule has 0 fully saturated rings. The van der Waals surface area contributed by atoms with Crippen LogP contribution in [0.5, 0.6) is 5.75 Å². The van der Waals surface area contributed by atoms with Gasteiger partial charge in [0.15, 0.2) is 0 Å². The fourth-order valence-electron chi connectivity index (χ4n) is 4.50. The number of fused-ring (bicyclic) bond motifs is 1. The minimum atomic E-state index is -0.212. The Balaban J connectivity index is 1.60. The van der Waals surface area contributed by atoms with Crippen LogP contribution < -0.4 is 4.74 Å². The summed E-state index contributed by atoms with van der Waals surface area (Å²) in [5, 5.41) is 7.62. The molecular formula is C28H27N3O2. The van der Waals surface area contributed by atoms with Crippen molar-refractivity contribution in [2.45, 2.75) is 32.9 Å². The van der Waals surface area contributed by atoms with Crippen molar-refractivity contribution in [3.8, 4) is 17.0 Å². The number of methoxy groups -OCH3 is 1. The Hall–Kier alpha value is -3.86. The summed E-state index contributed by atoms with van der Waals surface area (Å²) in [5.41, 5.74) is 7.96. The van der Waals surface area contributed by atoms with Crippen LogP contribution in [0.25, 0.3) is 11.3 Å². The Morgan fingerprint density at radius 3 is 2.24 bits per heavy atom. The van der Waals surface area contributed by atoms with Crippen molar-refractivity contribution >= 4 is 5.91 Å². The van der Waals surface area contributed by atoms with Gasteiger partial charge in [-0.1, -0.05) is 73.2 Å². The fraction of sp³-hybridized carbons (Fsp3) is 0.214. The predicted octanol–water partition coefficient (Wildman–Crippen LogP) is 5.70. The summed E-state index contributed by atoms with van der Waals surface area (Å²) in [6.07, 6.45) is 0.977. The first kappa shape index (κ1) is 21.0. The molecule has 0 saturated carbocycles. The molecule has 3 aromatic carbocycles. The number of nitrogens with one attached hydrogen (secondary N) is 1. The van der Waals surface area contributed by atoms with Gasteiger partial charge in [0.25, 0.3) is 5.91 Å². The first-order valence-corrected chi connectivity index (χ1v) is 11.3. The number of hydrogen-bond donors (Lipinski definition) is 1. The van der Waals surface area contributed by atoms with Gasteiger partial charge in [-0.15, -0.1) is 0 Å². The van der Waals surface area contributed by atoms with Gasteiger partial charge in [-0.3, -0.25) is 9.89 Å². The van der Waals surface area contributed by atoms with Gasteiger partial charge in [-0.2, -0.15) is 5.10 Å². The van der Waals surface area contributed by atoms with Gasteiger partial charge in [0.05, 0.1) is 18.8 Å². The first-order valence-electron chi connectivity index (χ1n) is 11.3. The molecule has 1 aromatic heterocycles. The molecule has 1 unspecified atom stereocenters. The minimum absolute atomic E-state index is 0.0313.